The first-order valence-electron chi connectivity index (χ1n) is 6.58. The fourth-order valence-electron chi connectivity index (χ4n) is 2.16. The molecule has 0 atom stereocenters. The average molecular weight is 249 g/mol. The molecule has 0 radical (unpaired) electrons. The Morgan fingerprint density at radius 3 is 2.61 bits per heavy atom. The molecular weight excluding hydrogens is 226 g/mol. The Balaban J connectivity index is 2.99. The minimum atomic E-state index is -0.00718. The number of nitrogens with zero attached hydrogens (tertiary/aromatic N) is 2. The van der Waals surface area contributed by atoms with Gasteiger partial charge in [-0.2, -0.15) is 0 Å². The number of hydrogen-bond acceptors (Lipinski definition) is 3. The van der Waals surface area contributed by atoms with Crippen molar-refractivity contribution in [1.82, 2.24) is 9.88 Å². The van der Waals surface area contributed by atoms with Gasteiger partial charge in [-0.05, 0) is 31.4 Å². The monoisotopic (exact) mass is 249 g/mol. The molecule has 0 bridgehead atoms. The van der Waals surface area contributed by atoms with Crippen LogP contribution in [-0.4, -0.2) is 34.9 Å². The van der Waals surface area contributed by atoms with Crippen LogP contribution in [-0.2, 0) is 0 Å². The molecule has 0 aliphatic heterocycles. The molecule has 1 amide bonds. The molecule has 18 heavy (non-hydrogen) atoms. The van der Waals surface area contributed by atoms with Crippen molar-refractivity contribution in [2.24, 2.45) is 5.73 Å². The Bertz CT molecular complexity index is 388. The lowest BCUT2D eigenvalue weighted by Gasteiger charge is -2.30. The molecule has 1 aromatic heterocycles. The van der Waals surface area contributed by atoms with Crippen molar-refractivity contribution in [2.45, 2.75) is 39.7 Å². The van der Waals surface area contributed by atoms with Crippen LogP contribution in [0.4, 0.5) is 0 Å². The zero-order chi connectivity index (χ0) is 13.5. The zero-order valence-corrected chi connectivity index (χ0v) is 11.5. The van der Waals surface area contributed by atoms with Crippen LogP contribution in [0.5, 0.6) is 0 Å². The third-order valence-corrected chi connectivity index (χ3v) is 3.23. The van der Waals surface area contributed by atoms with Gasteiger partial charge in [0.1, 0.15) is 5.69 Å². The lowest BCUT2D eigenvalue weighted by atomic mass is 10.1. The number of rotatable bonds is 6. The summed E-state index contributed by atoms with van der Waals surface area (Å²) in [6, 6.07) is 3.99. The Hall–Kier alpha value is -1.42. The van der Waals surface area contributed by atoms with Crippen LogP contribution in [0, 0.1) is 6.92 Å². The lowest BCUT2D eigenvalue weighted by molar-refractivity contribution is 0.0667. The number of carbonyl (C=O) groups excluding carboxylic acids is 1. The van der Waals surface area contributed by atoms with Gasteiger partial charge in [-0.15, -0.1) is 0 Å². The standard InChI is InChI=1S/C14H23N3O/c1-4-12(5-2)17(10-8-15)14(18)13-11(3)7-6-9-16-13/h6-7,9,12H,4-5,8,10,15H2,1-3H3. The highest BCUT2D eigenvalue weighted by Crippen LogP contribution is 2.14. The summed E-state index contributed by atoms with van der Waals surface area (Å²) < 4.78 is 0. The maximum atomic E-state index is 12.5. The molecular formula is C14H23N3O. The molecule has 1 heterocycles. The average Bonchev–Trinajstić information content (AvgIpc) is 2.39. The van der Waals surface area contributed by atoms with Crippen molar-refractivity contribution in [3.63, 3.8) is 0 Å². The van der Waals surface area contributed by atoms with Crippen molar-refractivity contribution in [3.05, 3.63) is 29.6 Å². The molecule has 0 aliphatic rings. The first-order chi connectivity index (χ1) is 8.65. The Labute approximate surface area is 109 Å². The first-order valence-corrected chi connectivity index (χ1v) is 6.58. The summed E-state index contributed by atoms with van der Waals surface area (Å²) in [5.74, 6) is -0.00718. The van der Waals surface area contributed by atoms with Crippen LogP contribution in [0.25, 0.3) is 0 Å². The van der Waals surface area contributed by atoms with E-state index in [2.05, 4.69) is 18.8 Å². The molecule has 0 aliphatic carbocycles. The maximum Gasteiger partial charge on any atom is 0.273 e. The van der Waals surface area contributed by atoms with Crippen molar-refractivity contribution < 1.29 is 4.79 Å². The summed E-state index contributed by atoms with van der Waals surface area (Å²) in [6.07, 6.45) is 3.54. The van der Waals surface area contributed by atoms with Gasteiger partial charge in [-0.1, -0.05) is 19.9 Å². The second-order valence-electron chi connectivity index (χ2n) is 4.43. The number of aromatic nitrogens is 1. The summed E-state index contributed by atoms with van der Waals surface area (Å²) >= 11 is 0. The van der Waals surface area contributed by atoms with E-state index in [1.807, 2.05) is 24.0 Å². The molecule has 4 nitrogen and oxygen atoms in total. The Morgan fingerprint density at radius 1 is 1.44 bits per heavy atom. The van der Waals surface area contributed by atoms with E-state index in [1.165, 1.54) is 0 Å². The molecule has 1 aromatic rings. The van der Waals surface area contributed by atoms with Crippen LogP contribution in [0.15, 0.2) is 18.3 Å². The fourth-order valence-corrected chi connectivity index (χ4v) is 2.16. The van der Waals surface area contributed by atoms with Gasteiger partial charge in [0, 0.05) is 25.3 Å². The third-order valence-electron chi connectivity index (χ3n) is 3.23. The topological polar surface area (TPSA) is 59.2 Å². The maximum absolute atomic E-state index is 12.5. The molecule has 0 aromatic carbocycles. The van der Waals surface area contributed by atoms with Crippen LogP contribution in [0.1, 0.15) is 42.7 Å². The van der Waals surface area contributed by atoms with E-state index >= 15 is 0 Å². The highest BCUT2D eigenvalue weighted by Gasteiger charge is 2.23. The highest BCUT2D eigenvalue weighted by molar-refractivity contribution is 5.93. The normalized spacial score (nSPS) is 10.7. The first kappa shape index (κ1) is 14.6. The SMILES string of the molecule is CCC(CC)N(CCN)C(=O)c1ncccc1C. The van der Waals surface area contributed by atoms with Crippen molar-refractivity contribution in [3.8, 4) is 0 Å². The fraction of sp³-hybridized carbons (Fsp3) is 0.571. The van der Waals surface area contributed by atoms with Crippen molar-refractivity contribution in [1.29, 1.82) is 0 Å². The van der Waals surface area contributed by atoms with E-state index < -0.39 is 0 Å². The molecule has 1 rings (SSSR count). The summed E-state index contributed by atoms with van der Waals surface area (Å²) in [5, 5.41) is 0. The van der Waals surface area contributed by atoms with Gasteiger partial charge in [0.15, 0.2) is 0 Å². The molecule has 0 spiro atoms. The predicted octanol–water partition coefficient (Wildman–Crippen LogP) is 1.98. The minimum Gasteiger partial charge on any atom is -0.333 e. The molecule has 0 saturated carbocycles. The van der Waals surface area contributed by atoms with E-state index in [9.17, 15) is 4.79 Å². The van der Waals surface area contributed by atoms with Gasteiger partial charge in [0.25, 0.3) is 5.91 Å². The molecule has 100 valence electrons. The number of aryl methyl sites for hydroxylation is 1. The van der Waals surface area contributed by atoms with Gasteiger partial charge in [-0.25, -0.2) is 0 Å². The van der Waals surface area contributed by atoms with E-state index in [1.54, 1.807) is 6.20 Å². The number of carbonyl (C=O) groups is 1. The van der Waals surface area contributed by atoms with E-state index in [-0.39, 0.29) is 11.9 Å². The van der Waals surface area contributed by atoms with Gasteiger partial charge >= 0.3 is 0 Å². The van der Waals surface area contributed by atoms with E-state index in [0.717, 1.165) is 18.4 Å². The van der Waals surface area contributed by atoms with Gasteiger partial charge in [0.2, 0.25) is 0 Å². The summed E-state index contributed by atoms with van der Waals surface area (Å²) in [5.41, 5.74) is 7.07. The number of amides is 1. The van der Waals surface area contributed by atoms with Crippen molar-refractivity contribution >= 4 is 5.91 Å². The zero-order valence-electron chi connectivity index (χ0n) is 11.5. The predicted molar refractivity (Wildman–Crippen MR) is 73.4 cm³/mol. The number of pyridine rings is 1. The molecule has 0 saturated heterocycles. The minimum absolute atomic E-state index is 0.00718. The molecule has 2 N–H and O–H groups in total. The van der Waals surface area contributed by atoms with Crippen LogP contribution >= 0.6 is 0 Å². The quantitative estimate of drug-likeness (QED) is 0.838. The van der Waals surface area contributed by atoms with E-state index in [4.69, 9.17) is 5.73 Å². The van der Waals surface area contributed by atoms with Crippen LogP contribution < -0.4 is 5.73 Å². The molecule has 0 fully saturated rings. The second-order valence-corrected chi connectivity index (χ2v) is 4.43. The summed E-state index contributed by atoms with van der Waals surface area (Å²) in [4.78, 5) is 18.6. The second kappa shape index (κ2) is 7.11. The van der Waals surface area contributed by atoms with Gasteiger partial charge < -0.3 is 10.6 Å². The summed E-state index contributed by atoms with van der Waals surface area (Å²) in [7, 11) is 0. The van der Waals surface area contributed by atoms with Crippen molar-refractivity contribution in [2.75, 3.05) is 13.1 Å². The lowest BCUT2D eigenvalue weighted by Crippen LogP contribution is -2.43. The van der Waals surface area contributed by atoms with Gasteiger partial charge in [-0.3, -0.25) is 9.78 Å². The van der Waals surface area contributed by atoms with Gasteiger partial charge in [0.05, 0.1) is 0 Å². The largest absolute Gasteiger partial charge is 0.333 e. The number of nitrogens with two attached hydrogens (primary N) is 1. The third kappa shape index (κ3) is 3.29. The molecule has 4 heteroatoms. The number of hydrogen-bond donors (Lipinski definition) is 1. The highest BCUT2D eigenvalue weighted by atomic mass is 16.2. The molecule has 0 unspecified atom stereocenters. The summed E-state index contributed by atoms with van der Waals surface area (Å²) in [6.45, 7) is 7.16. The van der Waals surface area contributed by atoms with Crippen LogP contribution in [0.2, 0.25) is 0 Å². The Kier molecular flexibility index (Phi) is 5.78. The Morgan fingerprint density at radius 2 is 2.11 bits per heavy atom. The van der Waals surface area contributed by atoms with E-state index in [0.29, 0.717) is 18.8 Å². The van der Waals surface area contributed by atoms with Crippen LogP contribution in [0.3, 0.4) is 0 Å². The smallest absolute Gasteiger partial charge is 0.273 e.